The van der Waals surface area contributed by atoms with Gasteiger partial charge in [0.05, 0.1) is 13.6 Å². The van der Waals surface area contributed by atoms with Gasteiger partial charge in [0.15, 0.2) is 0 Å². The molecule has 0 aliphatic rings. The van der Waals surface area contributed by atoms with Gasteiger partial charge in [-0.05, 0) is 12.8 Å². The van der Waals surface area contributed by atoms with Crippen molar-refractivity contribution in [3.63, 3.8) is 0 Å². The Labute approximate surface area is 260 Å². The molecule has 0 saturated carbocycles. The quantitative estimate of drug-likeness (QED) is 0.0683. The summed E-state index contributed by atoms with van der Waals surface area (Å²) in [6.45, 7) is 3.63. The highest BCUT2D eigenvalue weighted by atomic mass is 79.9. The first-order valence-electron chi connectivity index (χ1n) is 18.7. The van der Waals surface area contributed by atoms with E-state index in [2.05, 4.69) is 19.3 Å². The summed E-state index contributed by atoms with van der Waals surface area (Å²) in [4.78, 5) is 0. The normalized spacial score (nSPS) is 11.2. The summed E-state index contributed by atoms with van der Waals surface area (Å²) in [5, 5.41) is 2.31. The molecule has 0 saturated heterocycles. The van der Waals surface area contributed by atoms with Crippen molar-refractivity contribution in [1.82, 2.24) is 0 Å². The highest BCUT2D eigenvalue weighted by Crippen LogP contribution is 2.17. The Kier molecular flexibility index (Phi) is 43.3. The Balaban J connectivity index is 0. The first-order valence-corrected chi connectivity index (χ1v) is 18.7. The molecule has 0 aromatic heterocycles. The summed E-state index contributed by atoms with van der Waals surface area (Å²) in [6, 6.07) is 0. The molecule has 0 heterocycles. The third-order valence-corrected chi connectivity index (χ3v) is 8.85. The van der Waals surface area contributed by atoms with Gasteiger partial charge in [-0.1, -0.05) is 212 Å². The number of rotatable bonds is 35. The zero-order valence-electron chi connectivity index (χ0n) is 27.7. The van der Waals surface area contributed by atoms with Crippen molar-refractivity contribution >= 4 is 0 Å². The monoisotopic (exact) mass is 616 g/mol. The van der Waals surface area contributed by atoms with E-state index in [1.807, 2.05) is 0 Å². The zero-order chi connectivity index (χ0) is 27.5. The van der Waals surface area contributed by atoms with Gasteiger partial charge < -0.3 is 22.3 Å². The largest absolute Gasteiger partial charge is 1.00 e. The van der Waals surface area contributed by atoms with Gasteiger partial charge in [-0.25, -0.2) is 0 Å². The molecule has 0 rings (SSSR count). The van der Waals surface area contributed by atoms with E-state index < -0.39 is 0 Å². The molecule has 0 bridgehead atoms. The fourth-order valence-electron chi connectivity index (χ4n) is 6.08. The van der Waals surface area contributed by atoms with E-state index in [1.54, 1.807) is 0 Å². The molecule has 0 fully saturated rings. The van der Waals surface area contributed by atoms with E-state index in [9.17, 15) is 0 Å². The van der Waals surface area contributed by atoms with Crippen LogP contribution in [0.1, 0.15) is 225 Å². The molecule has 0 aromatic rings. The highest BCUT2D eigenvalue weighted by molar-refractivity contribution is 4.53. The van der Waals surface area contributed by atoms with Crippen molar-refractivity contribution in [2.24, 2.45) is 0 Å². The van der Waals surface area contributed by atoms with Gasteiger partial charge in [0.25, 0.3) is 0 Å². The molecule has 39 heavy (non-hydrogen) atoms. The van der Waals surface area contributed by atoms with Crippen LogP contribution in [0.2, 0.25) is 0 Å². The molecule has 2 heteroatoms. The van der Waals surface area contributed by atoms with Crippen molar-refractivity contribution in [3.8, 4) is 0 Å². The Hall–Kier alpha value is 0.440. The second-order valence-corrected chi connectivity index (χ2v) is 12.9. The lowest BCUT2D eigenvalue weighted by atomic mass is 10.0. The van der Waals surface area contributed by atoms with Crippen LogP contribution in [0.15, 0.2) is 0 Å². The van der Waals surface area contributed by atoms with E-state index >= 15 is 0 Å². The van der Waals surface area contributed by atoms with Crippen LogP contribution in [-0.2, 0) is 0 Å². The second-order valence-electron chi connectivity index (χ2n) is 12.9. The molecule has 0 atom stereocenters. The smallest absolute Gasteiger partial charge is 0.0753 e. The van der Waals surface area contributed by atoms with Crippen LogP contribution in [0.3, 0.4) is 0 Å². The molecule has 0 amide bonds. The fourth-order valence-corrected chi connectivity index (χ4v) is 6.08. The Morgan fingerprint density at radius 1 is 0.256 bits per heavy atom. The van der Waals surface area contributed by atoms with Crippen molar-refractivity contribution in [1.29, 1.82) is 0 Å². The lowest BCUT2D eigenvalue weighted by Gasteiger charge is -2.05. The lowest BCUT2D eigenvalue weighted by Crippen LogP contribution is -3.00. The summed E-state index contributed by atoms with van der Waals surface area (Å²) < 4.78 is 0. The summed E-state index contributed by atoms with van der Waals surface area (Å²) in [5.41, 5.74) is 0. The second kappa shape index (κ2) is 40.6. The molecular weight excluding hydrogens is 538 g/mol. The van der Waals surface area contributed by atoms with E-state index in [4.69, 9.17) is 0 Å². The standard InChI is InChI=1S/C37H77N.BrH/c1-3-4-5-6-7-8-9-10-11-12-13-14-15-16-17-18-19-20-21-22-23-24-25-26-27-28-29-30-31-32-33-34-35-36-37-38-2;/h38H,3-37H2,1-2H3;1H. The molecule has 1 nitrogen and oxygen atoms in total. The molecular formula is C37H78BrN. The minimum absolute atomic E-state index is 0. The Bertz CT molecular complexity index is 350. The summed E-state index contributed by atoms with van der Waals surface area (Å²) in [7, 11) is 2.18. The van der Waals surface area contributed by atoms with E-state index in [-0.39, 0.29) is 17.0 Å². The van der Waals surface area contributed by atoms with Crippen molar-refractivity contribution in [2.45, 2.75) is 225 Å². The van der Waals surface area contributed by atoms with Gasteiger partial charge in [-0.2, -0.15) is 0 Å². The van der Waals surface area contributed by atoms with Crippen LogP contribution in [0.25, 0.3) is 0 Å². The minimum Gasteiger partial charge on any atom is -1.00 e. The third-order valence-electron chi connectivity index (χ3n) is 8.85. The zero-order valence-corrected chi connectivity index (χ0v) is 29.3. The molecule has 2 N–H and O–H groups in total. The molecule has 0 spiro atoms. The first kappa shape index (κ1) is 41.6. The number of quaternary nitrogens is 1. The van der Waals surface area contributed by atoms with Crippen molar-refractivity contribution in [2.75, 3.05) is 13.6 Å². The Morgan fingerprint density at radius 2 is 0.410 bits per heavy atom. The lowest BCUT2D eigenvalue weighted by molar-refractivity contribution is -0.627. The van der Waals surface area contributed by atoms with Gasteiger partial charge in [0.2, 0.25) is 0 Å². The Morgan fingerprint density at radius 3 is 0.564 bits per heavy atom. The van der Waals surface area contributed by atoms with Crippen LogP contribution in [0.4, 0.5) is 0 Å². The van der Waals surface area contributed by atoms with Crippen molar-refractivity contribution < 1.29 is 22.3 Å². The summed E-state index contributed by atoms with van der Waals surface area (Å²) in [6.07, 6.45) is 50.4. The number of halogens is 1. The number of unbranched alkanes of at least 4 members (excludes halogenated alkanes) is 33. The first-order chi connectivity index (χ1) is 18.9. The van der Waals surface area contributed by atoms with Crippen LogP contribution < -0.4 is 22.3 Å². The van der Waals surface area contributed by atoms with Crippen molar-refractivity contribution in [3.05, 3.63) is 0 Å². The average Bonchev–Trinajstić information content (AvgIpc) is 2.93. The van der Waals surface area contributed by atoms with E-state index in [0.29, 0.717) is 0 Å². The number of hydrogen-bond donors (Lipinski definition) is 1. The molecule has 0 aliphatic heterocycles. The maximum atomic E-state index is 2.31. The topological polar surface area (TPSA) is 16.6 Å². The van der Waals surface area contributed by atoms with Crippen LogP contribution in [0, 0.1) is 0 Å². The molecule has 0 aliphatic carbocycles. The number of hydrogen-bond acceptors (Lipinski definition) is 0. The van der Waals surface area contributed by atoms with E-state index in [0.717, 1.165) is 0 Å². The van der Waals surface area contributed by atoms with Gasteiger partial charge in [-0.3, -0.25) is 0 Å². The number of nitrogens with two attached hydrogens (primary N) is 1. The predicted molar refractivity (Wildman–Crippen MR) is 175 cm³/mol. The maximum absolute atomic E-state index is 2.31. The summed E-state index contributed by atoms with van der Waals surface area (Å²) in [5.74, 6) is 0. The average molecular weight is 617 g/mol. The van der Waals surface area contributed by atoms with Gasteiger partial charge in [-0.15, -0.1) is 0 Å². The van der Waals surface area contributed by atoms with Gasteiger partial charge in [0.1, 0.15) is 0 Å². The SMILES string of the molecule is CCCCCCCCCCCCCCCCCCCCCCCCCCCCCCCCCCCC[NH2+]C.[Br-]. The van der Waals surface area contributed by atoms with E-state index in [1.165, 1.54) is 225 Å². The minimum atomic E-state index is 0. The third kappa shape index (κ3) is 40.6. The predicted octanol–water partition coefficient (Wildman–Crippen LogP) is 9.47. The summed E-state index contributed by atoms with van der Waals surface area (Å²) >= 11 is 0. The van der Waals surface area contributed by atoms with Crippen LogP contribution >= 0.6 is 0 Å². The highest BCUT2D eigenvalue weighted by Gasteiger charge is 1.97. The van der Waals surface area contributed by atoms with Crippen LogP contribution in [-0.4, -0.2) is 13.6 Å². The maximum Gasteiger partial charge on any atom is 0.0753 e. The van der Waals surface area contributed by atoms with Gasteiger partial charge >= 0.3 is 0 Å². The molecule has 0 unspecified atom stereocenters. The molecule has 238 valence electrons. The molecule has 0 radical (unpaired) electrons. The molecule has 0 aromatic carbocycles. The van der Waals surface area contributed by atoms with Crippen LogP contribution in [0.5, 0.6) is 0 Å². The van der Waals surface area contributed by atoms with Gasteiger partial charge in [0, 0.05) is 0 Å². The fraction of sp³-hybridized carbons (Fsp3) is 1.00.